The molecule has 0 radical (unpaired) electrons. The number of nitrogens with one attached hydrogen (secondary N) is 2. The van der Waals surface area contributed by atoms with Crippen LogP contribution < -0.4 is 10.2 Å². The summed E-state index contributed by atoms with van der Waals surface area (Å²) in [6.07, 6.45) is 5.87. The molecule has 1 aliphatic carbocycles. The highest BCUT2D eigenvalue weighted by Crippen LogP contribution is 2.20. The molecule has 6 heteroatoms. The van der Waals surface area contributed by atoms with E-state index in [0.29, 0.717) is 25.8 Å². The van der Waals surface area contributed by atoms with Crippen LogP contribution in [0.25, 0.3) is 0 Å². The van der Waals surface area contributed by atoms with E-state index in [-0.39, 0.29) is 4.87 Å². The number of hydrogen-bond acceptors (Lipinski definition) is 5. The largest absolute Gasteiger partial charge is 0.389 e. The zero-order chi connectivity index (χ0) is 13.5. The van der Waals surface area contributed by atoms with Crippen LogP contribution in [0, 0.1) is 0 Å². The first-order chi connectivity index (χ1) is 9.24. The Morgan fingerprint density at radius 1 is 1.47 bits per heavy atom. The summed E-state index contributed by atoms with van der Waals surface area (Å²) in [5.41, 5.74) is 0.857. The molecule has 2 rings (SSSR count). The average molecular weight is 286 g/mol. The van der Waals surface area contributed by atoms with Crippen LogP contribution in [0.15, 0.2) is 10.2 Å². The number of aliphatic hydroxyl groups is 1. The van der Waals surface area contributed by atoms with Gasteiger partial charge in [0.2, 0.25) is 0 Å². The second-order valence-electron chi connectivity index (χ2n) is 5.05. The highest BCUT2D eigenvalue weighted by atomic mass is 32.1. The van der Waals surface area contributed by atoms with Gasteiger partial charge in [0.1, 0.15) is 0 Å². The molecule has 0 spiro atoms. The molecule has 19 heavy (non-hydrogen) atoms. The summed E-state index contributed by atoms with van der Waals surface area (Å²) in [5, 5.41) is 14.7. The van der Waals surface area contributed by atoms with Crippen molar-refractivity contribution in [3.8, 4) is 0 Å². The number of ether oxygens (including phenoxy) is 1. The molecule has 5 nitrogen and oxygen atoms in total. The Morgan fingerprint density at radius 2 is 2.26 bits per heavy atom. The maximum Gasteiger partial charge on any atom is 0.304 e. The maximum atomic E-state index is 10.9. The van der Waals surface area contributed by atoms with Crippen LogP contribution >= 0.6 is 11.3 Å². The lowest BCUT2D eigenvalue weighted by atomic mass is 9.98. The monoisotopic (exact) mass is 286 g/mol. The van der Waals surface area contributed by atoms with Gasteiger partial charge in [0, 0.05) is 24.2 Å². The zero-order valence-electron chi connectivity index (χ0n) is 11.1. The van der Waals surface area contributed by atoms with Crippen LogP contribution in [0.5, 0.6) is 0 Å². The van der Waals surface area contributed by atoms with E-state index in [4.69, 9.17) is 4.74 Å². The molecule has 108 valence electrons. The Bertz CT molecular complexity index is 412. The zero-order valence-corrected chi connectivity index (χ0v) is 11.9. The summed E-state index contributed by atoms with van der Waals surface area (Å²) in [6.45, 7) is 1.43. The van der Waals surface area contributed by atoms with Gasteiger partial charge in [-0.05, 0) is 12.8 Å². The minimum Gasteiger partial charge on any atom is -0.389 e. The van der Waals surface area contributed by atoms with E-state index in [2.05, 4.69) is 10.3 Å². The van der Waals surface area contributed by atoms with Gasteiger partial charge in [-0.2, -0.15) is 0 Å². The molecule has 0 bridgehead atoms. The minimum absolute atomic E-state index is 0.0435. The Labute approximate surface area is 117 Å². The van der Waals surface area contributed by atoms with Crippen molar-refractivity contribution >= 4 is 11.3 Å². The number of aliphatic hydroxyl groups excluding tert-OH is 1. The standard InChI is InChI=1S/C13H22N2O3S/c16-11(8-18-12-4-2-1-3-5-12)7-14-6-10-9-19-13(17)15-10/h9,11-12,14,16H,1-8H2,(H,15,17). The third-order valence-corrected chi connectivity index (χ3v) is 4.06. The second kappa shape index (κ2) is 7.79. The number of thiazole rings is 1. The van der Waals surface area contributed by atoms with E-state index < -0.39 is 6.10 Å². The van der Waals surface area contributed by atoms with Crippen molar-refractivity contribution in [2.24, 2.45) is 0 Å². The highest BCUT2D eigenvalue weighted by molar-refractivity contribution is 7.07. The molecule has 1 aromatic heterocycles. The summed E-state index contributed by atoms with van der Waals surface area (Å²) in [6, 6.07) is 0. The molecule has 1 aromatic rings. The fraction of sp³-hybridized carbons (Fsp3) is 0.769. The van der Waals surface area contributed by atoms with Crippen LogP contribution in [0.1, 0.15) is 37.8 Å². The van der Waals surface area contributed by atoms with E-state index in [1.807, 2.05) is 0 Å². The molecule has 0 aliphatic heterocycles. The van der Waals surface area contributed by atoms with E-state index >= 15 is 0 Å². The lowest BCUT2D eigenvalue weighted by Gasteiger charge is -2.23. The molecule has 1 aliphatic rings. The lowest BCUT2D eigenvalue weighted by molar-refractivity contribution is -0.0230. The normalized spacial score (nSPS) is 18.6. The molecule has 1 unspecified atom stereocenters. The number of aromatic nitrogens is 1. The van der Waals surface area contributed by atoms with E-state index in [0.717, 1.165) is 29.9 Å². The Kier molecular flexibility index (Phi) is 6.03. The predicted molar refractivity (Wildman–Crippen MR) is 75.5 cm³/mol. The van der Waals surface area contributed by atoms with Crippen LogP contribution in [-0.4, -0.2) is 35.5 Å². The van der Waals surface area contributed by atoms with Crippen molar-refractivity contribution < 1.29 is 9.84 Å². The fourth-order valence-electron chi connectivity index (χ4n) is 2.31. The first-order valence-corrected chi connectivity index (χ1v) is 7.79. The lowest BCUT2D eigenvalue weighted by Crippen LogP contribution is -2.32. The molecule has 0 amide bonds. The molecule has 0 aromatic carbocycles. The second-order valence-corrected chi connectivity index (χ2v) is 5.89. The maximum absolute atomic E-state index is 10.9. The molecular weight excluding hydrogens is 264 g/mol. The van der Waals surface area contributed by atoms with E-state index in [9.17, 15) is 9.90 Å². The van der Waals surface area contributed by atoms with E-state index in [1.165, 1.54) is 19.3 Å². The summed E-state index contributed by atoms with van der Waals surface area (Å²) in [5.74, 6) is 0. The van der Waals surface area contributed by atoms with Crippen molar-refractivity contribution in [3.05, 3.63) is 20.7 Å². The van der Waals surface area contributed by atoms with Gasteiger partial charge in [0.25, 0.3) is 0 Å². The summed E-state index contributed by atoms with van der Waals surface area (Å²) in [4.78, 5) is 13.6. The number of rotatable bonds is 7. The fourth-order valence-corrected chi connectivity index (χ4v) is 2.89. The Balaban J connectivity index is 1.56. The minimum atomic E-state index is -0.493. The SMILES string of the molecule is O=c1[nH]c(CNCC(O)COC2CCCCC2)cs1. The van der Waals surface area contributed by atoms with Crippen LogP contribution in [-0.2, 0) is 11.3 Å². The quantitative estimate of drug-likeness (QED) is 0.705. The van der Waals surface area contributed by atoms with Gasteiger partial charge in [-0.25, -0.2) is 0 Å². The van der Waals surface area contributed by atoms with Crippen LogP contribution in [0.2, 0.25) is 0 Å². The van der Waals surface area contributed by atoms with Crippen LogP contribution in [0.3, 0.4) is 0 Å². The summed E-state index contributed by atoms with van der Waals surface area (Å²) < 4.78 is 5.71. The number of hydrogen-bond donors (Lipinski definition) is 3. The van der Waals surface area contributed by atoms with Crippen LogP contribution in [0.4, 0.5) is 0 Å². The van der Waals surface area contributed by atoms with Crippen molar-refractivity contribution in [1.29, 1.82) is 0 Å². The third-order valence-electron chi connectivity index (χ3n) is 3.34. The molecule has 1 saturated carbocycles. The van der Waals surface area contributed by atoms with Gasteiger partial charge in [-0.1, -0.05) is 30.6 Å². The average Bonchev–Trinajstić information content (AvgIpc) is 2.83. The van der Waals surface area contributed by atoms with Gasteiger partial charge in [0.15, 0.2) is 0 Å². The Morgan fingerprint density at radius 3 is 2.95 bits per heavy atom. The van der Waals surface area contributed by atoms with Crippen molar-refractivity contribution in [2.75, 3.05) is 13.2 Å². The molecule has 1 fully saturated rings. The summed E-state index contributed by atoms with van der Waals surface area (Å²) >= 11 is 1.15. The molecule has 0 saturated heterocycles. The summed E-state index contributed by atoms with van der Waals surface area (Å²) in [7, 11) is 0. The van der Waals surface area contributed by atoms with Crippen molar-refractivity contribution in [3.63, 3.8) is 0 Å². The van der Waals surface area contributed by atoms with Gasteiger partial charge in [-0.15, -0.1) is 0 Å². The first kappa shape index (κ1) is 14.7. The Hall–Kier alpha value is -0.690. The number of H-pyrrole nitrogens is 1. The smallest absolute Gasteiger partial charge is 0.304 e. The highest BCUT2D eigenvalue weighted by Gasteiger charge is 2.15. The van der Waals surface area contributed by atoms with Gasteiger partial charge in [0.05, 0.1) is 18.8 Å². The number of aromatic amines is 1. The molecule has 1 atom stereocenters. The van der Waals surface area contributed by atoms with Gasteiger partial charge < -0.3 is 20.1 Å². The topological polar surface area (TPSA) is 74.4 Å². The predicted octanol–water partition coefficient (Wildman–Crippen LogP) is 1.24. The van der Waals surface area contributed by atoms with Gasteiger partial charge >= 0.3 is 4.87 Å². The van der Waals surface area contributed by atoms with Crippen molar-refractivity contribution in [1.82, 2.24) is 10.3 Å². The molecule has 3 N–H and O–H groups in total. The first-order valence-electron chi connectivity index (χ1n) is 6.91. The van der Waals surface area contributed by atoms with Crippen molar-refractivity contribution in [2.45, 2.75) is 50.9 Å². The van der Waals surface area contributed by atoms with E-state index in [1.54, 1.807) is 5.38 Å². The molecule has 1 heterocycles. The van der Waals surface area contributed by atoms with Gasteiger partial charge in [-0.3, -0.25) is 4.79 Å². The third kappa shape index (κ3) is 5.44. The molecular formula is C13H22N2O3S.